The third kappa shape index (κ3) is 49.2. The molecule has 0 saturated carbocycles. The largest absolute Gasteiger partial charge is 0.472 e. The smallest absolute Gasteiger partial charge is 0.457 e. The van der Waals surface area contributed by atoms with Crippen LogP contribution in [0.1, 0.15) is 296 Å². The van der Waals surface area contributed by atoms with Crippen LogP contribution in [0.3, 0.4) is 0 Å². The first-order chi connectivity index (χ1) is 31.8. The van der Waals surface area contributed by atoms with Crippen molar-refractivity contribution < 1.29 is 47.8 Å². The van der Waals surface area contributed by atoms with E-state index in [1.54, 1.807) is 0 Å². The predicted molar refractivity (Wildman–Crippen MR) is 270 cm³/mol. The Morgan fingerprint density at radius 2 is 0.538 bits per heavy atom. The lowest BCUT2D eigenvalue weighted by molar-refractivity contribution is -0.153. The molecular formula is C54H107O10P. The van der Waals surface area contributed by atoms with Crippen molar-refractivity contribution in [3.05, 3.63) is 0 Å². The van der Waals surface area contributed by atoms with E-state index < -0.39 is 58.4 Å². The summed E-state index contributed by atoms with van der Waals surface area (Å²) in [7, 11) is -4.64. The number of carbonyl (C=O) groups is 2. The second kappa shape index (κ2) is 50.8. The summed E-state index contributed by atoms with van der Waals surface area (Å²) in [6.07, 6.45) is 52.3. The zero-order chi connectivity index (χ0) is 47.6. The summed E-state index contributed by atoms with van der Waals surface area (Å²) in [5.41, 5.74) is 0. The first kappa shape index (κ1) is 64.0. The standard InChI is InChI=1S/C54H107O10P/c1-3-5-7-9-11-13-15-17-19-21-23-25-26-28-30-32-34-36-38-40-42-44-46-54(58)64-52(48-56)50-62-65(59,60)61-49-51(47-55)63-53(57)45-43-41-39-37-35-33-31-29-27-24-22-20-18-16-14-12-10-8-6-4-2/h51-52,55-56H,3-50H2,1-2H3,(H,59,60). The molecule has 0 bridgehead atoms. The molecule has 0 aromatic heterocycles. The molecule has 0 saturated heterocycles. The maximum atomic E-state index is 12.4. The third-order valence-electron chi connectivity index (χ3n) is 12.8. The van der Waals surface area contributed by atoms with Crippen molar-refractivity contribution >= 4 is 19.8 Å². The third-order valence-corrected chi connectivity index (χ3v) is 13.8. The summed E-state index contributed by atoms with van der Waals surface area (Å²) in [4.78, 5) is 34.8. The summed E-state index contributed by atoms with van der Waals surface area (Å²) in [6.45, 7) is 2.30. The highest BCUT2D eigenvalue weighted by Gasteiger charge is 2.27. The quantitative estimate of drug-likeness (QED) is 0.0306. The topological polar surface area (TPSA) is 149 Å². The number of phosphoric acid groups is 1. The van der Waals surface area contributed by atoms with Gasteiger partial charge in [-0.2, -0.15) is 0 Å². The average Bonchev–Trinajstić information content (AvgIpc) is 3.30. The number of rotatable bonds is 54. The lowest BCUT2D eigenvalue weighted by Crippen LogP contribution is -2.28. The van der Waals surface area contributed by atoms with Gasteiger partial charge in [0.25, 0.3) is 0 Å². The minimum absolute atomic E-state index is 0.200. The Bertz CT molecular complexity index is 1040. The average molecular weight is 947 g/mol. The summed E-state index contributed by atoms with van der Waals surface area (Å²) >= 11 is 0. The van der Waals surface area contributed by atoms with Crippen molar-refractivity contribution in [1.29, 1.82) is 0 Å². The van der Waals surface area contributed by atoms with Gasteiger partial charge in [0.2, 0.25) is 0 Å². The Labute approximate surface area is 401 Å². The zero-order valence-corrected chi connectivity index (χ0v) is 43.6. The fourth-order valence-electron chi connectivity index (χ4n) is 8.53. The number of esters is 2. The van der Waals surface area contributed by atoms with Crippen LogP contribution < -0.4 is 0 Å². The lowest BCUT2D eigenvalue weighted by atomic mass is 10.0. The van der Waals surface area contributed by atoms with Crippen LogP contribution in [-0.2, 0) is 32.7 Å². The van der Waals surface area contributed by atoms with E-state index in [1.165, 1.54) is 218 Å². The van der Waals surface area contributed by atoms with Crippen molar-refractivity contribution in [1.82, 2.24) is 0 Å². The van der Waals surface area contributed by atoms with E-state index in [-0.39, 0.29) is 12.8 Å². The molecule has 3 atom stereocenters. The number of phosphoric ester groups is 1. The Hall–Kier alpha value is -1.03. The number of unbranched alkanes of at least 4 members (excludes halogenated alkanes) is 40. The molecule has 0 aliphatic rings. The Balaban J connectivity index is 3.74. The molecule has 0 rings (SSSR count). The Morgan fingerprint density at radius 1 is 0.354 bits per heavy atom. The summed E-state index contributed by atoms with van der Waals surface area (Å²) in [5, 5.41) is 19.3. The van der Waals surface area contributed by atoms with E-state index in [4.69, 9.17) is 18.5 Å². The van der Waals surface area contributed by atoms with Gasteiger partial charge in [-0.3, -0.25) is 18.6 Å². The molecule has 388 valence electrons. The second-order valence-electron chi connectivity index (χ2n) is 19.3. The van der Waals surface area contributed by atoms with Gasteiger partial charge in [-0.1, -0.05) is 271 Å². The van der Waals surface area contributed by atoms with Crippen LogP contribution in [0.5, 0.6) is 0 Å². The molecule has 10 nitrogen and oxygen atoms in total. The molecule has 0 aliphatic heterocycles. The molecule has 0 aromatic carbocycles. The van der Waals surface area contributed by atoms with Gasteiger partial charge in [-0.25, -0.2) is 4.57 Å². The minimum Gasteiger partial charge on any atom is -0.457 e. The normalized spacial score (nSPS) is 13.5. The molecule has 65 heavy (non-hydrogen) atoms. The Morgan fingerprint density at radius 3 is 0.723 bits per heavy atom. The van der Waals surface area contributed by atoms with Gasteiger partial charge >= 0.3 is 19.8 Å². The highest BCUT2D eigenvalue weighted by molar-refractivity contribution is 7.47. The maximum absolute atomic E-state index is 12.4. The fourth-order valence-corrected chi connectivity index (χ4v) is 9.32. The van der Waals surface area contributed by atoms with Gasteiger partial charge < -0.3 is 24.6 Å². The van der Waals surface area contributed by atoms with Gasteiger partial charge in [0.15, 0.2) is 0 Å². The van der Waals surface area contributed by atoms with Crippen molar-refractivity contribution in [3.8, 4) is 0 Å². The van der Waals surface area contributed by atoms with Crippen LogP contribution in [0.2, 0.25) is 0 Å². The molecule has 0 radical (unpaired) electrons. The molecular weight excluding hydrogens is 840 g/mol. The molecule has 0 fully saturated rings. The summed E-state index contributed by atoms with van der Waals surface area (Å²) in [5.74, 6) is -0.997. The van der Waals surface area contributed by atoms with Crippen LogP contribution in [-0.4, -0.2) is 65.7 Å². The lowest BCUT2D eigenvalue weighted by Gasteiger charge is -2.20. The maximum Gasteiger partial charge on any atom is 0.472 e. The van der Waals surface area contributed by atoms with E-state index in [0.29, 0.717) is 12.8 Å². The van der Waals surface area contributed by atoms with E-state index in [2.05, 4.69) is 13.8 Å². The molecule has 3 unspecified atom stereocenters. The molecule has 0 aromatic rings. The molecule has 3 N–H and O–H groups in total. The fraction of sp³-hybridized carbons (Fsp3) is 0.963. The van der Waals surface area contributed by atoms with Crippen molar-refractivity contribution in [2.45, 2.75) is 309 Å². The van der Waals surface area contributed by atoms with Crippen molar-refractivity contribution in [3.63, 3.8) is 0 Å². The first-order valence-corrected chi connectivity index (χ1v) is 29.5. The van der Waals surface area contributed by atoms with Gasteiger partial charge in [0.1, 0.15) is 12.2 Å². The van der Waals surface area contributed by atoms with E-state index in [9.17, 15) is 29.3 Å². The summed E-state index contributed by atoms with van der Waals surface area (Å²) in [6, 6.07) is 0. The number of aliphatic hydroxyl groups is 2. The number of ether oxygens (including phenoxy) is 2. The minimum atomic E-state index is -4.64. The van der Waals surface area contributed by atoms with E-state index in [0.717, 1.165) is 38.5 Å². The number of hydrogen-bond donors (Lipinski definition) is 3. The van der Waals surface area contributed by atoms with Gasteiger partial charge in [-0.05, 0) is 12.8 Å². The zero-order valence-electron chi connectivity index (χ0n) is 42.7. The van der Waals surface area contributed by atoms with Crippen LogP contribution in [0.25, 0.3) is 0 Å². The Kier molecular flexibility index (Phi) is 50.0. The van der Waals surface area contributed by atoms with Crippen LogP contribution in [0, 0.1) is 0 Å². The van der Waals surface area contributed by atoms with Crippen molar-refractivity contribution in [2.24, 2.45) is 0 Å². The highest BCUT2D eigenvalue weighted by Crippen LogP contribution is 2.43. The number of aliphatic hydroxyl groups excluding tert-OH is 2. The summed E-state index contributed by atoms with van der Waals surface area (Å²) < 4.78 is 32.8. The first-order valence-electron chi connectivity index (χ1n) is 28.0. The van der Waals surface area contributed by atoms with Crippen molar-refractivity contribution in [2.75, 3.05) is 26.4 Å². The molecule has 0 aliphatic carbocycles. The van der Waals surface area contributed by atoms with Gasteiger partial charge in [0, 0.05) is 12.8 Å². The predicted octanol–water partition coefficient (Wildman–Crippen LogP) is 16.1. The van der Waals surface area contributed by atoms with Crippen LogP contribution in [0.15, 0.2) is 0 Å². The van der Waals surface area contributed by atoms with Gasteiger partial charge in [-0.15, -0.1) is 0 Å². The van der Waals surface area contributed by atoms with E-state index in [1.807, 2.05) is 0 Å². The molecule has 0 heterocycles. The SMILES string of the molecule is CCCCCCCCCCCCCCCCCCCCCCCCC(=O)OC(CO)COP(=O)(O)OCC(CO)OC(=O)CCCCCCCCCCCCCCCCCCCCCC. The van der Waals surface area contributed by atoms with Gasteiger partial charge in [0.05, 0.1) is 26.4 Å². The molecule has 11 heteroatoms. The van der Waals surface area contributed by atoms with Crippen LogP contribution in [0.4, 0.5) is 0 Å². The highest BCUT2D eigenvalue weighted by atomic mass is 31.2. The molecule has 0 amide bonds. The monoisotopic (exact) mass is 947 g/mol. The van der Waals surface area contributed by atoms with Crippen LogP contribution >= 0.6 is 7.82 Å². The number of carbonyl (C=O) groups excluding carboxylic acids is 2. The van der Waals surface area contributed by atoms with E-state index >= 15 is 0 Å². The molecule has 0 spiro atoms. The second-order valence-corrected chi connectivity index (χ2v) is 20.7. The number of hydrogen-bond acceptors (Lipinski definition) is 9.